The van der Waals surface area contributed by atoms with E-state index >= 15 is 0 Å². The maximum atomic E-state index is 11.7. The van der Waals surface area contributed by atoms with Crippen molar-refractivity contribution in [3.63, 3.8) is 0 Å². The average molecular weight is 304 g/mol. The number of aromatic nitrogens is 1. The molecule has 0 bridgehead atoms. The monoisotopic (exact) mass is 303 g/mol. The smallest absolute Gasteiger partial charge is 0.242 e. The van der Waals surface area contributed by atoms with E-state index in [9.17, 15) is 8.42 Å². The third kappa shape index (κ3) is 3.56. The third-order valence-electron chi connectivity index (χ3n) is 1.76. The number of hydrogen-bond acceptors (Lipinski definition) is 4. The first-order chi connectivity index (χ1) is 7.60. The highest BCUT2D eigenvalue weighted by atomic mass is 79.9. The molecule has 1 aromatic heterocycles. The minimum atomic E-state index is -3.50. The summed E-state index contributed by atoms with van der Waals surface area (Å²) in [7, 11) is -3.50. The molecule has 0 spiro atoms. The van der Waals surface area contributed by atoms with Crippen molar-refractivity contribution < 1.29 is 8.42 Å². The van der Waals surface area contributed by atoms with Crippen LogP contribution in [0.4, 0.5) is 0 Å². The van der Waals surface area contributed by atoms with Gasteiger partial charge < -0.3 is 0 Å². The van der Waals surface area contributed by atoms with Crippen LogP contribution in [0.15, 0.2) is 23.2 Å². The second-order valence-electron chi connectivity index (χ2n) is 2.93. The van der Waals surface area contributed by atoms with E-state index in [4.69, 9.17) is 5.26 Å². The van der Waals surface area contributed by atoms with Gasteiger partial charge in [-0.15, -0.1) is 0 Å². The SMILES string of the molecule is N#Cc1ccc(S(=O)(=O)NCCCBr)cn1. The topological polar surface area (TPSA) is 82.8 Å². The maximum absolute atomic E-state index is 11.7. The van der Waals surface area contributed by atoms with Crippen molar-refractivity contribution in [3.8, 4) is 6.07 Å². The van der Waals surface area contributed by atoms with E-state index in [2.05, 4.69) is 25.6 Å². The van der Waals surface area contributed by atoms with E-state index < -0.39 is 10.0 Å². The molecule has 0 aliphatic carbocycles. The zero-order valence-electron chi connectivity index (χ0n) is 8.35. The number of pyridine rings is 1. The van der Waals surface area contributed by atoms with E-state index in [-0.39, 0.29) is 10.6 Å². The van der Waals surface area contributed by atoms with E-state index in [0.29, 0.717) is 13.0 Å². The third-order valence-corrected chi connectivity index (χ3v) is 3.77. The fourth-order valence-corrected chi connectivity index (χ4v) is 2.26. The molecule has 1 aromatic rings. The lowest BCUT2D eigenvalue weighted by Gasteiger charge is -2.04. The molecule has 0 unspecified atom stereocenters. The van der Waals surface area contributed by atoms with Crippen LogP contribution in [0.5, 0.6) is 0 Å². The minimum Gasteiger partial charge on any atom is -0.244 e. The lowest BCUT2D eigenvalue weighted by atomic mass is 10.4. The van der Waals surface area contributed by atoms with Gasteiger partial charge in [-0.2, -0.15) is 5.26 Å². The molecule has 0 aliphatic heterocycles. The Morgan fingerprint density at radius 1 is 1.50 bits per heavy atom. The number of hydrogen-bond donors (Lipinski definition) is 1. The van der Waals surface area contributed by atoms with Gasteiger partial charge in [-0.1, -0.05) is 15.9 Å². The van der Waals surface area contributed by atoms with E-state index in [0.717, 1.165) is 5.33 Å². The Morgan fingerprint density at radius 3 is 2.75 bits per heavy atom. The zero-order chi connectivity index (χ0) is 12.0. The molecule has 0 atom stereocenters. The first kappa shape index (κ1) is 13.1. The Kier molecular flexibility index (Phi) is 4.86. The van der Waals surface area contributed by atoms with Crippen molar-refractivity contribution in [2.24, 2.45) is 0 Å². The van der Waals surface area contributed by atoms with Crippen molar-refractivity contribution in [1.82, 2.24) is 9.71 Å². The molecular weight excluding hydrogens is 294 g/mol. The van der Waals surface area contributed by atoms with Gasteiger partial charge in [0, 0.05) is 18.1 Å². The number of halogens is 1. The summed E-state index contributed by atoms with van der Waals surface area (Å²) in [4.78, 5) is 3.77. The second-order valence-corrected chi connectivity index (χ2v) is 5.49. The Morgan fingerprint density at radius 2 is 2.25 bits per heavy atom. The number of alkyl halides is 1. The Labute approximate surface area is 103 Å². The quantitative estimate of drug-likeness (QED) is 0.650. The van der Waals surface area contributed by atoms with Crippen LogP contribution in [-0.2, 0) is 10.0 Å². The molecule has 0 saturated heterocycles. The average Bonchev–Trinajstić information content (AvgIpc) is 2.29. The standard InChI is InChI=1S/C9H10BrN3O2S/c10-4-1-5-13-16(14,15)9-3-2-8(6-11)12-7-9/h2-3,7,13H,1,4-5H2. The van der Waals surface area contributed by atoms with Crippen LogP contribution in [0.2, 0.25) is 0 Å². The number of sulfonamides is 1. The molecule has 7 heteroatoms. The van der Waals surface area contributed by atoms with E-state index in [1.807, 2.05) is 6.07 Å². The van der Waals surface area contributed by atoms with Gasteiger partial charge in [0.05, 0.1) is 0 Å². The summed E-state index contributed by atoms with van der Waals surface area (Å²) in [6.45, 7) is 0.369. The normalized spacial score (nSPS) is 11.0. The summed E-state index contributed by atoms with van der Waals surface area (Å²) in [5.74, 6) is 0. The van der Waals surface area contributed by atoms with Crippen molar-refractivity contribution in [2.75, 3.05) is 11.9 Å². The summed E-state index contributed by atoms with van der Waals surface area (Å²) in [6, 6.07) is 4.56. The van der Waals surface area contributed by atoms with E-state index in [1.165, 1.54) is 18.3 Å². The first-order valence-electron chi connectivity index (χ1n) is 4.52. The van der Waals surface area contributed by atoms with Crippen LogP contribution in [0.1, 0.15) is 12.1 Å². The van der Waals surface area contributed by atoms with Crippen molar-refractivity contribution in [2.45, 2.75) is 11.3 Å². The van der Waals surface area contributed by atoms with Gasteiger partial charge in [-0.3, -0.25) is 0 Å². The molecule has 1 N–H and O–H groups in total. The van der Waals surface area contributed by atoms with Crippen LogP contribution < -0.4 is 4.72 Å². The van der Waals surface area contributed by atoms with Crippen LogP contribution in [0, 0.1) is 11.3 Å². The Bertz CT molecular complexity index is 478. The summed E-state index contributed by atoms with van der Waals surface area (Å²) in [5.41, 5.74) is 0.194. The summed E-state index contributed by atoms with van der Waals surface area (Å²) >= 11 is 3.21. The van der Waals surface area contributed by atoms with Gasteiger partial charge in [0.15, 0.2) is 0 Å². The van der Waals surface area contributed by atoms with Crippen LogP contribution in [0.3, 0.4) is 0 Å². The molecule has 5 nitrogen and oxygen atoms in total. The summed E-state index contributed by atoms with van der Waals surface area (Å²) < 4.78 is 25.7. The molecule has 0 saturated carbocycles. The summed E-state index contributed by atoms with van der Waals surface area (Å²) in [5, 5.41) is 9.26. The number of nitriles is 1. The highest BCUT2D eigenvalue weighted by Gasteiger charge is 2.13. The van der Waals surface area contributed by atoms with Crippen molar-refractivity contribution >= 4 is 26.0 Å². The number of nitrogens with one attached hydrogen (secondary N) is 1. The van der Waals surface area contributed by atoms with Crippen LogP contribution in [-0.4, -0.2) is 25.3 Å². The zero-order valence-corrected chi connectivity index (χ0v) is 10.8. The predicted molar refractivity (Wildman–Crippen MR) is 62.6 cm³/mol. The fraction of sp³-hybridized carbons (Fsp3) is 0.333. The first-order valence-corrected chi connectivity index (χ1v) is 7.12. The van der Waals surface area contributed by atoms with Crippen molar-refractivity contribution in [1.29, 1.82) is 5.26 Å². The summed E-state index contributed by atoms with van der Waals surface area (Å²) in [6.07, 6.45) is 1.89. The fourth-order valence-electron chi connectivity index (χ4n) is 0.962. The number of nitrogens with zero attached hydrogens (tertiary/aromatic N) is 2. The molecular formula is C9H10BrN3O2S. The molecule has 1 heterocycles. The largest absolute Gasteiger partial charge is 0.244 e. The molecule has 0 aliphatic rings. The molecule has 0 aromatic carbocycles. The highest BCUT2D eigenvalue weighted by Crippen LogP contribution is 2.07. The van der Waals surface area contributed by atoms with Gasteiger partial charge in [0.2, 0.25) is 10.0 Å². The van der Waals surface area contributed by atoms with Crippen molar-refractivity contribution in [3.05, 3.63) is 24.0 Å². The van der Waals surface area contributed by atoms with Crippen LogP contribution in [0.25, 0.3) is 0 Å². The van der Waals surface area contributed by atoms with Gasteiger partial charge in [-0.25, -0.2) is 18.1 Å². The lowest BCUT2D eigenvalue weighted by Crippen LogP contribution is -2.25. The highest BCUT2D eigenvalue weighted by molar-refractivity contribution is 9.09. The van der Waals surface area contributed by atoms with Gasteiger partial charge in [0.25, 0.3) is 0 Å². The second kappa shape index (κ2) is 5.94. The number of rotatable bonds is 5. The maximum Gasteiger partial charge on any atom is 0.242 e. The van der Waals surface area contributed by atoms with Gasteiger partial charge in [-0.05, 0) is 18.6 Å². The van der Waals surface area contributed by atoms with E-state index in [1.54, 1.807) is 0 Å². The Hall–Kier alpha value is -0.970. The molecule has 0 amide bonds. The Balaban J connectivity index is 2.79. The molecule has 86 valence electrons. The molecule has 0 radical (unpaired) electrons. The lowest BCUT2D eigenvalue weighted by molar-refractivity contribution is 0.580. The molecule has 16 heavy (non-hydrogen) atoms. The van der Waals surface area contributed by atoms with Gasteiger partial charge >= 0.3 is 0 Å². The molecule has 1 rings (SSSR count). The van der Waals surface area contributed by atoms with Gasteiger partial charge in [0.1, 0.15) is 16.7 Å². The minimum absolute atomic E-state index is 0.0704. The molecule has 0 fully saturated rings. The van der Waals surface area contributed by atoms with Crippen LogP contribution >= 0.6 is 15.9 Å². The predicted octanol–water partition coefficient (Wildman–Crippen LogP) is 1.02.